The molecule has 72 valence electrons. The van der Waals surface area contributed by atoms with Gasteiger partial charge in [0.1, 0.15) is 0 Å². The Balaban J connectivity index is 3.19. The number of carbonyl (C=O) groups is 1. The maximum absolute atomic E-state index is 10.5. The molecule has 0 N–H and O–H groups in total. The van der Waals surface area contributed by atoms with Crippen LogP contribution < -0.4 is 0 Å². The average Bonchev–Trinajstić information content (AvgIpc) is 1.97. The second kappa shape index (κ2) is 7.89. The number of carbonyl (C=O) groups excluding carboxylic acids is 1. The van der Waals surface area contributed by atoms with E-state index in [2.05, 4.69) is 6.92 Å². The molecule has 0 aliphatic rings. The molecule has 0 saturated carbocycles. The fourth-order valence-electron chi connectivity index (χ4n) is 0.813. The van der Waals surface area contributed by atoms with E-state index < -0.39 is 0 Å². The molecule has 0 radical (unpaired) electrons. The van der Waals surface area contributed by atoms with E-state index in [1.165, 1.54) is 24.2 Å². The third-order valence-electron chi connectivity index (χ3n) is 1.36. The van der Waals surface area contributed by atoms with Crippen LogP contribution >= 0.6 is 0 Å². The summed E-state index contributed by atoms with van der Waals surface area (Å²) in [6.07, 6.45) is 2.78. The summed E-state index contributed by atoms with van der Waals surface area (Å²) in [6, 6.07) is 0. The molecule has 3 heteroatoms. The molecule has 0 amide bonds. The van der Waals surface area contributed by atoms with Crippen molar-refractivity contribution in [3.8, 4) is 0 Å². The van der Waals surface area contributed by atoms with Crippen LogP contribution in [0.3, 0.4) is 0 Å². The zero-order valence-electron chi connectivity index (χ0n) is 8.13. The molecule has 2 nitrogen and oxygen atoms in total. The van der Waals surface area contributed by atoms with Gasteiger partial charge >= 0.3 is 85.1 Å². The van der Waals surface area contributed by atoms with E-state index in [4.69, 9.17) is 4.74 Å². The van der Waals surface area contributed by atoms with Crippen molar-refractivity contribution in [2.24, 2.45) is 0 Å². The van der Waals surface area contributed by atoms with Crippen LogP contribution in [0.4, 0.5) is 0 Å². The van der Waals surface area contributed by atoms with E-state index in [0.717, 1.165) is 4.47 Å². The van der Waals surface area contributed by atoms with Crippen LogP contribution in [0.5, 0.6) is 0 Å². The first-order valence-electron chi connectivity index (χ1n) is 4.41. The van der Waals surface area contributed by atoms with Crippen molar-refractivity contribution in [2.75, 3.05) is 0 Å². The molecule has 0 fully saturated rings. The van der Waals surface area contributed by atoms with Gasteiger partial charge in [-0.05, 0) is 0 Å². The quantitative estimate of drug-likeness (QED) is 0.425. The zero-order valence-corrected chi connectivity index (χ0v) is 10.5. The van der Waals surface area contributed by atoms with Gasteiger partial charge in [-0.3, -0.25) is 0 Å². The normalized spacial score (nSPS) is 12.6. The molecule has 0 aliphatic heterocycles. The summed E-state index contributed by atoms with van der Waals surface area (Å²) in [5, 5.41) is 0. The molecule has 0 aromatic carbocycles. The van der Waals surface area contributed by atoms with E-state index in [9.17, 15) is 4.79 Å². The summed E-state index contributed by atoms with van der Waals surface area (Å²) >= 11 is 0.105. The van der Waals surface area contributed by atoms with Gasteiger partial charge in [0.05, 0.1) is 0 Å². The molecule has 0 aromatic heterocycles. The third kappa shape index (κ3) is 8.36. The second-order valence-electron chi connectivity index (χ2n) is 2.85. The molecule has 0 spiro atoms. The van der Waals surface area contributed by atoms with Gasteiger partial charge in [-0.1, -0.05) is 0 Å². The van der Waals surface area contributed by atoms with Gasteiger partial charge in [0.15, 0.2) is 0 Å². The Morgan fingerprint density at radius 1 is 1.58 bits per heavy atom. The van der Waals surface area contributed by atoms with Gasteiger partial charge < -0.3 is 0 Å². The van der Waals surface area contributed by atoms with Crippen molar-refractivity contribution in [3.63, 3.8) is 0 Å². The van der Waals surface area contributed by atoms with Gasteiger partial charge in [-0.25, -0.2) is 0 Å². The molecule has 12 heavy (non-hydrogen) atoms. The molecule has 0 aromatic rings. The molecule has 0 aliphatic carbocycles. The Morgan fingerprint density at radius 3 is 2.75 bits per heavy atom. The summed E-state index contributed by atoms with van der Waals surface area (Å²) in [6.45, 7) is 5.67. The van der Waals surface area contributed by atoms with Gasteiger partial charge in [0.2, 0.25) is 0 Å². The van der Waals surface area contributed by atoms with Crippen LogP contribution in [-0.2, 0) is 9.53 Å². The van der Waals surface area contributed by atoms with Gasteiger partial charge in [0.25, 0.3) is 0 Å². The fraction of sp³-hybridized carbons (Fsp3) is 0.889. The predicted molar refractivity (Wildman–Crippen MR) is 51.5 cm³/mol. The molecule has 0 heterocycles. The Labute approximate surface area is 85.1 Å². The second-order valence-corrected chi connectivity index (χ2v) is 6.13. The number of ether oxygens (including phenoxy) is 1. The van der Waals surface area contributed by atoms with Gasteiger partial charge in [-0.2, -0.15) is 0 Å². The molecular formula is C9H18O2Te. The van der Waals surface area contributed by atoms with Crippen molar-refractivity contribution < 1.29 is 9.53 Å². The minimum atomic E-state index is -0.148. The molecule has 0 bridgehead atoms. The van der Waals surface area contributed by atoms with Crippen LogP contribution in [-0.4, -0.2) is 33.0 Å². The van der Waals surface area contributed by atoms with Crippen molar-refractivity contribution in [2.45, 2.75) is 48.7 Å². The van der Waals surface area contributed by atoms with Crippen LogP contribution in [0.15, 0.2) is 0 Å². The standard InChI is InChI=1S/C9H18O2Te/c1-4-5-6-12-7-8(2)11-9(3)10/h8H,4-7H2,1-3H3/t8-/m1/s1. The Morgan fingerprint density at radius 2 is 2.25 bits per heavy atom. The predicted octanol–water partition coefficient (Wildman–Crippen LogP) is 2.28. The summed E-state index contributed by atoms with van der Waals surface area (Å²) in [5.41, 5.74) is 0. The van der Waals surface area contributed by atoms with Crippen molar-refractivity contribution >= 4 is 26.9 Å². The number of esters is 1. The van der Waals surface area contributed by atoms with E-state index in [-0.39, 0.29) is 33.0 Å². The van der Waals surface area contributed by atoms with Gasteiger partial charge in [-0.15, -0.1) is 0 Å². The third-order valence-corrected chi connectivity index (χ3v) is 5.02. The number of rotatable bonds is 6. The van der Waals surface area contributed by atoms with Crippen LogP contribution in [0, 0.1) is 0 Å². The molecule has 1 atom stereocenters. The minimum absolute atomic E-state index is 0.105. The fourth-order valence-corrected chi connectivity index (χ4v) is 3.84. The van der Waals surface area contributed by atoms with Crippen LogP contribution in [0.25, 0.3) is 0 Å². The van der Waals surface area contributed by atoms with Crippen molar-refractivity contribution in [1.29, 1.82) is 0 Å². The first-order chi connectivity index (χ1) is 5.66. The topological polar surface area (TPSA) is 26.3 Å². The summed E-state index contributed by atoms with van der Waals surface area (Å²) < 4.78 is 7.54. The van der Waals surface area contributed by atoms with E-state index in [1.54, 1.807) is 0 Å². The molecule has 0 saturated heterocycles. The average molecular weight is 286 g/mol. The number of hydrogen-bond acceptors (Lipinski definition) is 2. The van der Waals surface area contributed by atoms with E-state index in [0.29, 0.717) is 0 Å². The Bertz CT molecular complexity index is 126. The SMILES string of the molecule is CCCC[Te]C[C@@H](C)OC(C)=O. The zero-order chi connectivity index (χ0) is 9.40. The van der Waals surface area contributed by atoms with E-state index >= 15 is 0 Å². The van der Waals surface area contributed by atoms with E-state index in [1.807, 2.05) is 6.92 Å². The summed E-state index contributed by atoms with van der Waals surface area (Å²) in [4.78, 5) is 10.5. The molecule has 0 rings (SSSR count). The summed E-state index contributed by atoms with van der Waals surface area (Å²) in [7, 11) is 0. The maximum atomic E-state index is 10.5. The number of hydrogen-bond donors (Lipinski definition) is 0. The van der Waals surface area contributed by atoms with Crippen molar-refractivity contribution in [3.05, 3.63) is 0 Å². The number of unbranched alkanes of at least 4 members (excludes halogenated alkanes) is 1. The van der Waals surface area contributed by atoms with Crippen LogP contribution in [0.2, 0.25) is 8.94 Å². The monoisotopic (exact) mass is 288 g/mol. The first-order valence-corrected chi connectivity index (χ1v) is 7.71. The van der Waals surface area contributed by atoms with Crippen molar-refractivity contribution in [1.82, 2.24) is 0 Å². The molecular weight excluding hydrogens is 268 g/mol. The van der Waals surface area contributed by atoms with Gasteiger partial charge in [0, 0.05) is 0 Å². The Kier molecular flexibility index (Phi) is 8.06. The Hall–Kier alpha value is 0.260. The first kappa shape index (κ1) is 12.3. The molecule has 0 unspecified atom stereocenters. The summed E-state index contributed by atoms with van der Waals surface area (Å²) in [5.74, 6) is -0.148. The van der Waals surface area contributed by atoms with Crippen LogP contribution in [0.1, 0.15) is 33.6 Å².